The zero-order valence-electron chi connectivity index (χ0n) is 10.7. The Bertz CT molecular complexity index is 247. The molecule has 0 aromatic heterocycles. The number of nitrogens with one attached hydrogen (secondary N) is 2. The summed E-state index contributed by atoms with van der Waals surface area (Å²) < 4.78 is 0. The van der Waals surface area contributed by atoms with Crippen molar-refractivity contribution in [1.82, 2.24) is 10.6 Å². The Labute approximate surface area is 107 Å². The number of rotatable bonds is 8. The van der Waals surface area contributed by atoms with Gasteiger partial charge in [-0.1, -0.05) is 13.8 Å². The van der Waals surface area contributed by atoms with Crippen LogP contribution in [0.4, 0.5) is 4.79 Å². The van der Waals surface area contributed by atoms with E-state index in [4.69, 9.17) is 5.11 Å². The van der Waals surface area contributed by atoms with Crippen LogP contribution in [0, 0.1) is 5.92 Å². The average Bonchev–Trinajstić information content (AvgIpc) is 2.22. The van der Waals surface area contributed by atoms with Crippen molar-refractivity contribution in [3.63, 3.8) is 0 Å². The minimum absolute atomic E-state index is 0.230. The van der Waals surface area contributed by atoms with Gasteiger partial charge in [-0.3, -0.25) is 0 Å². The minimum Gasteiger partial charge on any atom is -0.480 e. The molecular weight excluding hydrogens is 240 g/mol. The number of hydrogen-bond donors (Lipinski definition) is 3. The predicted octanol–water partition coefficient (Wildman–Crippen LogP) is 1.54. The lowest BCUT2D eigenvalue weighted by atomic mass is 10.0. The largest absolute Gasteiger partial charge is 0.480 e. The van der Waals surface area contributed by atoms with Gasteiger partial charge in [0.1, 0.15) is 6.04 Å². The van der Waals surface area contributed by atoms with Gasteiger partial charge in [0.15, 0.2) is 0 Å². The Morgan fingerprint density at radius 1 is 1.35 bits per heavy atom. The third kappa shape index (κ3) is 8.85. The Morgan fingerprint density at radius 3 is 2.47 bits per heavy atom. The summed E-state index contributed by atoms with van der Waals surface area (Å²) in [6, 6.07) is -1.21. The second-order valence-electron chi connectivity index (χ2n) is 4.27. The van der Waals surface area contributed by atoms with E-state index in [2.05, 4.69) is 10.6 Å². The van der Waals surface area contributed by atoms with Gasteiger partial charge in [-0.15, -0.1) is 0 Å². The molecule has 3 N–H and O–H groups in total. The molecule has 0 aliphatic rings. The van der Waals surface area contributed by atoms with Gasteiger partial charge < -0.3 is 15.7 Å². The van der Waals surface area contributed by atoms with Crippen LogP contribution in [-0.4, -0.2) is 41.7 Å². The fourth-order valence-corrected chi connectivity index (χ4v) is 1.75. The van der Waals surface area contributed by atoms with E-state index < -0.39 is 18.0 Å². The van der Waals surface area contributed by atoms with Crippen molar-refractivity contribution in [3.8, 4) is 0 Å². The number of urea groups is 1. The summed E-state index contributed by atoms with van der Waals surface area (Å²) in [4.78, 5) is 22.3. The molecule has 5 nitrogen and oxygen atoms in total. The predicted molar refractivity (Wildman–Crippen MR) is 70.4 cm³/mol. The van der Waals surface area contributed by atoms with Gasteiger partial charge in [0, 0.05) is 6.54 Å². The summed E-state index contributed by atoms with van der Waals surface area (Å²) >= 11 is 1.71. The summed E-state index contributed by atoms with van der Waals surface area (Å²) in [7, 11) is 0. The van der Waals surface area contributed by atoms with Crippen LogP contribution in [0.1, 0.15) is 26.7 Å². The van der Waals surface area contributed by atoms with Crippen LogP contribution in [0.3, 0.4) is 0 Å². The molecule has 6 heteroatoms. The van der Waals surface area contributed by atoms with Crippen molar-refractivity contribution in [2.45, 2.75) is 32.7 Å². The highest BCUT2D eigenvalue weighted by Gasteiger charge is 2.20. The highest BCUT2D eigenvalue weighted by atomic mass is 32.2. The monoisotopic (exact) mass is 262 g/mol. The van der Waals surface area contributed by atoms with E-state index in [9.17, 15) is 9.59 Å². The Morgan fingerprint density at radius 2 is 2.00 bits per heavy atom. The second kappa shape index (κ2) is 9.15. The van der Waals surface area contributed by atoms with Crippen LogP contribution in [-0.2, 0) is 4.79 Å². The zero-order valence-corrected chi connectivity index (χ0v) is 11.5. The molecule has 2 amide bonds. The molecule has 0 aromatic rings. The fraction of sp³-hybridized carbons (Fsp3) is 0.818. The van der Waals surface area contributed by atoms with Gasteiger partial charge in [0.2, 0.25) is 0 Å². The molecule has 100 valence electrons. The number of carbonyl (C=O) groups excluding carboxylic acids is 1. The van der Waals surface area contributed by atoms with E-state index >= 15 is 0 Å². The van der Waals surface area contributed by atoms with Crippen molar-refractivity contribution >= 4 is 23.8 Å². The maximum atomic E-state index is 11.4. The summed E-state index contributed by atoms with van der Waals surface area (Å²) in [5, 5.41) is 14.1. The van der Waals surface area contributed by atoms with Crippen LogP contribution in [0.25, 0.3) is 0 Å². The molecule has 0 fully saturated rings. The van der Waals surface area contributed by atoms with Crippen LogP contribution in [0.5, 0.6) is 0 Å². The highest BCUT2D eigenvalue weighted by molar-refractivity contribution is 7.98. The standard InChI is InChI=1S/C11H22N2O3S/c1-8(2)7-9(10(14)15)13-11(16)12-5-4-6-17-3/h8-9H,4-7H2,1-3H3,(H,14,15)(H2,12,13,16)/t9-/m1/s1. The molecule has 0 radical (unpaired) electrons. The van der Waals surface area contributed by atoms with Crippen LogP contribution < -0.4 is 10.6 Å². The lowest BCUT2D eigenvalue weighted by Crippen LogP contribution is -2.46. The first kappa shape index (κ1) is 16.1. The van der Waals surface area contributed by atoms with Crippen molar-refractivity contribution in [2.24, 2.45) is 5.92 Å². The first-order chi connectivity index (χ1) is 7.97. The third-order valence-corrected chi connectivity index (χ3v) is 2.82. The van der Waals surface area contributed by atoms with Gasteiger partial charge in [-0.05, 0) is 30.8 Å². The topological polar surface area (TPSA) is 78.4 Å². The number of amides is 2. The van der Waals surface area contributed by atoms with Gasteiger partial charge >= 0.3 is 12.0 Å². The quantitative estimate of drug-likeness (QED) is 0.580. The molecule has 17 heavy (non-hydrogen) atoms. The first-order valence-corrected chi connectivity index (χ1v) is 7.12. The van der Waals surface area contributed by atoms with E-state index in [1.54, 1.807) is 11.8 Å². The summed E-state index contributed by atoms with van der Waals surface area (Å²) in [6.45, 7) is 4.42. The number of carboxylic acid groups (broad SMARTS) is 1. The number of carbonyl (C=O) groups is 2. The Balaban J connectivity index is 3.91. The van der Waals surface area contributed by atoms with E-state index in [0.29, 0.717) is 13.0 Å². The molecule has 0 saturated carbocycles. The maximum Gasteiger partial charge on any atom is 0.326 e. The zero-order chi connectivity index (χ0) is 13.3. The average molecular weight is 262 g/mol. The van der Waals surface area contributed by atoms with Crippen molar-refractivity contribution in [1.29, 1.82) is 0 Å². The van der Waals surface area contributed by atoms with Gasteiger partial charge in [0.25, 0.3) is 0 Å². The van der Waals surface area contributed by atoms with Crippen molar-refractivity contribution in [2.75, 3.05) is 18.6 Å². The van der Waals surface area contributed by atoms with E-state index in [0.717, 1.165) is 12.2 Å². The minimum atomic E-state index is -0.988. The summed E-state index contributed by atoms with van der Waals surface area (Å²) in [6.07, 6.45) is 3.33. The number of carboxylic acids is 1. The number of aliphatic carboxylic acids is 1. The molecule has 0 saturated heterocycles. The van der Waals surface area contributed by atoms with Crippen LogP contribution >= 0.6 is 11.8 Å². The maximum absolute atomic E-state index is 11.4. The normalized spacial score (nSPS) is 12.2. The molecule has 0 rings (SSSR count). The van der Waals surface area contributed by atoms with Crippen molar-refractivity contribution in [3.05, 3.63) is 0 Å². The Kier molecular flexibility index (Phi) is 8.66. The summed E-state index contributed by atoms with van der Waals surface area (Å²) in [5.74, 6) is 0.222. The molecule has 0 heterocycles. The first-order valence-electron chi connectivity index (χ1n) is 5.73. The summed E-state index contributed by atoms with van der Waals surface area (Å²) in [5.41, 5.74) is 0. The lowest BCUT2D eigenvalue weighted by molar-refractivity contribution is -0.139. The van der Waals surface area contributed by atoms with Crippen LogP contribution in [0.15, 0.2) is 0 Å². The molecule has 0 aliphatic carbocycles. The van der Waals surface area contributed by atoms with Gasteiger partial charge in [-0.25, -0.2) is 9.59 Å². The fourth-order valence-electron chi connectivity index (χ4n) is 1.32. The molecule has 0 aliphatic heterocycles. The highest BCUT2D eigenvalue weighted by Crippen LogP contribution is 2.04. The van der Waals surface area contributed by atoms with E-state index in [1.807, 2.05) is 20.1 Å². The second-order valence-corrected chi connectivity index (χ2v) is 5.25. The van der Waals surface area contributed by atoms with E-state index in [1.165, 1.54) is 0 Å². The molecule has 0 unspecified atom stereocenters. The van der Waals surface area contributed by atoms with Gasteiger partial charge in [-0.2, -0.15) is 11.8 Å². The van der Waals surface area contributed by atoms with Gasteiger partial charge in [0.05, 0.1) is 0 Å². The molecule has 1 atom stereocenters. The molecular formula is C11H22N2O3S. The molecule has 0 bridgehead atoms. The van der Waals surface area contributed by atoms with Crippen LogP contribution in [0.2, 0.25) is 0 Å². The SMILES string of the molecule is CSCCCNC(=O)N[C@H](CC(C)C)C(=O)O. The molecule has 0 spiro atoms. The van der Waals surface area contributed by atoms with E-state index in [-0.39, 0.29) is 5.92 Å². The molecule has 0 aromatic carbocycles. The lowest BCUT2D eigenvalue weighted by Gasteiger charge is -2.16. The smallest absolute Gasteiger partial charge is 0.326 e. The number of hydrogen-bond acceptors (Lipinski definition) is 3. The Hall–Kier alpha value is -0.910. The van der Waals surface area contributed by atoms with Crippen molar-refractivity contribution < 1.29 is 14.7 Å². The number of thioether (sulfide) groups is 1. The third-order valence-electron chi connectivity index (χ3n) is 2.12.